The summed E-state index contributed by atoms with van der Waals surface area (Å²) in [6.45, 7) is 3.67. The smallest absolute Gasteiger partial charge is 0.370 e. The molecule has 13 heteroatoms. The number of nitrogens with two attached hydrogens (primary N) is 1. The summed E-state index contributed by atoms with van der Waals surface area (Å²) < 4.78 is 76.2. The molecule has 41 heavy (non-hydrogen) atoms. The molecule has 3 amide bonds. The van der Waals surface area contributed by atoms with Gasteiger partial charge in [0.2, 0.25) is 23.9 Å². The summed E-state index contributed by atoms with van der Waals surface area (Å²) in [5.41, 5.74) is 6.81. The first-order valence-electron chi connectivity index (χ1n) is 12.8. The number of hydrogen-bond donors (Lipinski definition) is 3. The normalized spacial score (nSPS) is 18.8. The van der Waals surface area contributed by atoms with Crippen molar-refractivity contribution >= 4 is 29.1 Å². The summed E-state index contributed by atoms with van der Waals surface area (Å²) in [6, 6.07) is 11.1. The lowest BCUT2D eigenvalue weighted by atomic mass is 9.83. The maximum Gasteiger partial charge on any atom is 0.389 e. The van der Waals surface area contributed by atoms with Crippen LogP contribution >= 0.6 is 0 Å². The molecule has 0 aromatic heterocycles. The van der Waals surface area contributed by atoms with E-state index in [-0.39, 0.29) is 35.7 Å². The van der Waals surface area contributed by atoms with Crippen LogP contribution in [0.1, 0.15) is 55.7 Å². The number of para-hydroxylation sites is 1. The Balaban J connectivity index is 0.000000575. The van der Waals surface area contributed by atoms with E-state index in [0.29, 0.717) is 5.56 Å². The molecule has 4 rings (SSSR count). The number of benzodiazepines with no additional fused rings is 1. The number of alkyl halides is 5. The summed E-state index contributed by atoms with van der Waals surface area (Å²) in [5, 5.41) is 4.66. The van der Waals surface area contributed by atoms with Crippen LogP contribution in [0.5, 0.6) is 0 Å². The number of anilines is 1. The third-order valence-electron chi connectivity index (χ3n) is 6.48. The minimum Gasteiger partial charge on any atom is -0.370 e. The van der Waals surface area contributed by atoms with Crippen LogP contribution in [-0.4, -0.2) is 41.7 Å². The molecular weight excluding hydrogens is 554 g/mol. The molecule has 222 valence electrons. The van der Waals surface area contributed by atoms with E-state index in [4.69, 9.17) is 5.73 Å². The van der Waals surface area contributed by atoms with E-state index in [2.05, 4.69) is 15.6 Å². The fourth-order valence-electron chi connectivity index (χ4n) is 4.54. The Bertz CT molecular complexity index is 1320. The van der Waals surface area contributed by atoms with Crippen LogP contribution in [0.15, 0.2) is 47.5 Å². The van der Waals surface area contributed by atoms with Gasteiger partial charge in [-0.15, -0.1) is 0 Å². The second-order valence-corrected chi connectivity index (χ2v) is 10.3. The highest BCUT2D eigenvalue weighted by Gasteiger charge is 2.42. The quantitative estimate of drug-likeness (QED) is 0.386. The Morgan fingerprint density at radius 3 is 2.37 bits per heavy atom. The van der Waals surface area contributed by atoms with Gasteiger partial charge in [-0.1, -0.05) is 42.8 Å². The Labute approximate surface area is 232 Å². The molecule has 7 nitrogen and oxygen atoms in total. The molecule has 0 saturated heterocycles. The number of hydrogen-bond acceptors (Lipinski definition) is 4. The number of primary amides is 1. The van der Waals surface area contributed by atoms with E-state index in [0.717, 1.165) is 11.6 Å². The van der Waals surface area contributed by atoms with Gasteiger partial charge in [0, 0.05) is 42.7 Å². The van der Waals surface area contributed by atoms with E-state index in [9.17, 15) is 40.7 Å². The number of amides is 3. The van der Waals surface area contributed by atoms with Gasteiger partial charge in [-0.05, 0) is 31.4 Å². The maximum absolute atomic E-state index is 14.6. The number of rotatable bonds is 7. The zero-order chi connectivity index (χ0) is 30.5. The molecule has 0 radical (unpaired) electrons. The fourth-order valence-corrected chi connectivity index (χ4v) is 4.54. The number of carbonyl (C=O) groups excluding carboxylic acids is 3. The zero-order valence-corrected chi connectivity index (χ0v) is 22.3. The number of nitrogens with zero attached hydrogens (tertiary/aromatic N) is 1. The molecule has 2 aromatic rings. The SMILES string of the molecule is CC1CC(F)(F)C1.Cc1cccc(C2=NC(NC(=O)C(CCC(F)(F)F)CC(N)=O)C(=O)Nc3c(F)cccc32)c1. The van der Waals surface area contributed by atoms with Gasteiger partial charge in [0.25, 0.3) is 5.91 Å². The number of nitrogens with one attached hydrogen (secondary N) is 2. The molecule has 1 fully saturated rings. The van der Waals surface area contributed by atoms with Gasteiger partial charge in [0.1, 0.15) is 5.82 Å². The molecular formula is C28H30F6N4O3. The van der Waals surface area contributed by atoms with E-state index >= 15 is 0 Å². The van der Waals surface area contributed by atoms with Crippen LogP contribution in [0.2, 0.25) is 0 Å². The van der Waals surface area contributed by atoms with E-state index in [1.165, 1.54) is 6.07 Å². The molecule has 1 aliphatic heterocycles. The standard InChI is InChI=1S/C23H22F4N4O3.C5H8F2/c1-12-4-2-5-13(10-12)18-15-6-3-7-16(24)19(15)30-22(34)20(29-18)31-21(33)14(11-17(28)32)8-9-23(25,26)27;1-4-2-5(6,7)3-4/h2-7,10,14,20H,8-9,11H2,1H3,(H2,28,32)(H,30,34)(H,31,33);4H,2-3H2,1H3. The number of fused-ring (bicyclic) bond motifs is 1. The largest absolute Gasteiger partial charge is 0.389 e. The first-order valence-corrected chi connectivity index (χ1v) is 12.8. The first kappa shape index (κ1) is 31.6. The van der Waals surface area contributed by atoms with Crippen LogP contribution in [0, 0.1) is 24.6 Å². The van der Waals surface area contributed by atoms with Gasteiger partial charge < -0.3 is 16.4 Å². The number of aryl methyl sites for hydroxylation is 1. The fraction of sp³-hybridized carbons (Fsp3) is 0.429. The van der Waals surface area contributed by atoms with Crippen LogP contribution in [0.4, 0.5) is 32.0 Å². The van der Waals surface area contributed by atoms with Crippen LogP contribution in [0.25, 0.3) is 0 Å². The van der Waals surface area contributed by atoms with E-state index < -0.39 is 67.0 Å². The van der Waals surface area contributed by atoms with Crippen LogP contribution in [-0.2, 0) is 14.4 Å². The molecule has 0 spiro atoms. The lowest BCUT2D eigenvalue weighted by molar-refractivity contribution is -0.143. The molecule has 4 N–H and O–H groups in total. The summed E-state index contributed by atoms with van der Waals surface area (Å²) in [5.74, 6) is -7.06. The van der Waals surface area contributed by atoms with Crippen LogP contribution < -0.4 is 16.4 Å². The molecule has 1 saturated carbocycles. The van der Waals surface area contributed by atoms with Crippen molar-refractivity contribution in [3.8, 4) is 0 Å². The number of benzene rings is 2. The highest BCUT2D eigenvalue weighted by atomic mass is 19.4. The van der Waals surface area contributed by atoms with E-state index in [1.54, 1.807) is 24.3 Å². The Kier molecular flexibility index (Phi) is 9.82. The zero-order valence-electron chi connectivity index (χ0n) is 22.3. The van der Waals surface area contributed by atoms with Crippen molar-refractivity contribution in [3.05, 3.63) is 65.0 Å². The van der Waals surface area contributed by atoms with Gasteiger partial charge in [-0.3, -0.25) is 14.4 Å². The molecule has 1 heterocycles. The first-order chi connectivity index (χ1) is 19.0. The Hall–Kier alpha value is -3.90. The predicted molar refractivity (Wildman–Crippen MR) is 140 cm³/mol. The summed E-state index contributed by atoms with van der Waals surface area (Å²) in [4.78, 5) is 41.2. The third-order valence-corrected chi connectivity index (χ3v) is 6.48. The number of carbonyl (C=O) groups is 3. The van der Waals surface area contributed by atoms with Gasteiger partial charge in [-0.2, -0.15) is 13.2 Å². The van der Waals surface area contributed by atoms with Crippen molar-refractivity contribution in [1.29, 1.82) is 0 Å². The third kappa shape index (κ3) is 9.05. The van der Waals surface area contributed by atoms with Gasteiger partial charge >= 0.3 is 6.18 Å². The van der Waals surface area contributed by atoms with Crippen molar-refractivity contribution in [1.82, 2.24) is 5.32 Å². The average molecular weight is 585 g/mol. The van der Waals surface area contributed by atoms with Gasteiger partial charge in [-0.25, -0.2) is 18.2 Å². The Morgan fingerprint density at radius 1 is 1.17 bits per heavy atom. The lowest BCUT2D eigenvalue weighted by Gasteiger charge is -2.31. The van der Waals surface area contributed by atoms with Crippen molar-refractivity contribution in [3.63, 3.8) is 0 Å². The van der Waals surface area contributed by atoms with E-state index in [1.807, 2.05) is 19.9 Å². The summed E-state index contributed by atoms with van der Waals surface area (Å²) in [6.07, 6.45) is -8.58. The maximum atomic E-state index is 14.6. The summed E-state index contributed by atoms with van der Waals surface area (Å²) in [7, 11) is 0. The molecule has 0 bridgehead atoms. The highest BCUT2D eigenvalue weighted by molar-refractivity contribution is 6.20. The molecule has 2 aliphatic rings. The number of aliphatic imine (C=N–C) groups is 1. The number of halogens is 6. The van der Waals surface area contributed by atoms with Crippen molar-refractivity contribution in [2.75, 3.05) is 5.32 Å². The lowest BCUT2D eigenvalue weighted by Crippen LogP contribution is -2.45. The molecule has 2 unspecified atom stereocenters. The van der Waals surface area contributed by atoms with Crippen molar-refractivity contribution < 1.29 is 40.7 Å². The van der Waals surface area contributed by atoms with Crippen molar-refractivity contribution in [2.24, 2.45) is 22.6 Å². The monoisotopic (exact) mass is 584 g/mol. The highest BCUT2D eigenvalue weighted by Crippen LogP contribution is 2.41. The topological polar surface area (TPSA) is 114 Å². The average Bonchev–Trinajstić information content (AvgIpc) is 2.97. The minimum absolute atomic E-state index is 0.104. The molecule has 1 aliphatic carbocycles. The second-order valence-electron chi connectivity index (χ2n) is 10.3. The van der Waals surface area contributed by atoms with Crippen LogP contribution in [0.3, 0.4) is 0 Å². The minimum atomic E-state index is -4.55. The molecule has 2 aromatic carbocycles. The Morgan fingerprint density at radius 2 is 1.83 bits per heavy atom. The van der Waals surface area contributed by atoms with Crippen molar-refractivity contribution in [2.45, 2.75) is 64.2 Å². The van der Waals surface area contributed by atoms with Gasteiger partial charge in [0.15, 0.2) is 0 Å². The predicted octanol–water partition coefficient (Wildman–Crippen LogP) is 5.25. The van der Waals surface area contributed by atoms with Gasteiger partial charge in [0.05, 0.1) is 11.4 Å². The second kappa shape index (κ2) is 12.7. The summed E-state index contributed by atoms with van der Waals surface area (Å²) >= 11 is 0. The molecule has 2 atom stereocenters.